The van der Waals surface area contributed by atoms with E-state index >= 15 is 0 Å². The second kappa shape index (κ2) is 5.34. The Morgan fingerprint density at radius 2 is 2.00 bits per heavy atom. The molecule has 0 amide bonds. The van der Waals surface area contributed by atoms with Crippen molar-refractivity contribution in [3.63, 3.8) is 0 Å². The Kier molecular flexibility index (Phi) is 5.64. The third kappa shape index (κ3) is 4.34. The van der Waals surface area contributed by atoms with Crippen LogP contribution in [0.15, 0.2) is 10.2 Å². The van der Waals surface area contributed by atoms with Crippen LogP contribution in [0.25, 0.3) is 0 Å². The fourth-order valence-corrected chi connectivity index (χ4v) is 0.976. The van der Waals surface area contributed by atoms with E-state index in [1.165, 1.54) is 0 Å². The monoisotopic (exact) mass is 196 g/mol. The summed E-state index contributed by atoms with van der Waals surface area (Å²) in [6, 6.07) is 0. The van der Waals surface area contributed by atoms with Gasteiger partial charge in [0, 0.05) is 0 Å². The number of hydrogen-bond donors (Lipinski definition) is 0. The van der Waals surface area contributed by atoms with Gasteiger partial charge in [-0.15, -0.1) is 0 Å². The summed E-state index contributed by atoms with van der Waals surface area (Å²) < 4.78 is 4.47. The average Bonchev–Trinajstić information content (AvgIpc) is 1.61. The SMILES string of the molecule is CC=I/C=C\C. The van der Waals surface area contributed by atoms with Crippen LogP contribution in [0.2, 0.25) is 0 Å². The van der Waals surface area contributed by atoms with Crippen LogP contribution in [0.5, 0.6) is 0 Å². The summed E-state index contributed by atoms with van der Waals surface area (Å²) in [4.78, 5) is 0. The van der Waals surface area contributed by atoms with Gasteiger partial charge in [0.05, 0.1) is 0 Å². The summed E-state index contributed by atoms with van der Waals surface area (Å²) in [5.74, 6) is 0. The lowest BCUT2D eigenvalue weighted by atomic mass is 10.8. The van der Waals surface area contributed by atoms with Crippen molar-refractivity contribution in [2.75, 3.05) is 0 Å². The zero-order valence-electron chi connectivity index (χ0n) is 4.11. The third-order valence-corrected chi connectivity index (χ3v) is 2.18. The lowest BCUT2D eigenvalue weighted by Crippen LogP contribution is -1.36. The molecule has 0 unspecified atom stereocenters. The lowest BCUT2D eigenvalue weighted by molar-refractivity contribution is 1.80. The fraction of sp³-hybridized carbons (Fsp3) is 0.400. The van der Waals surface area contributed by atoms with Crippen molar-refractivity contribution in [2.24, 2.45) is 0 Å². The van der Waals surface area contributed by atoms with Crippen molar-refractivity contribution in [1.29, 1.82) is 0 Å². The van der Waals surface area contributed by atoms with Gasteiger partial charge in [0.2, 0.25) is 0 Å². The van der Waals surface area contributed by atoms with Crippen LogP contribution >= 0.6 is 20.7 Å². The van der Waals surface area contributed by atoms with Crippen LogP contribution in [0.1, 0.15) is 13.8 Å². The van der Waals surface area contributed by atoms with E-state index < -0.39 is 0 Å². The molecule has 0 fully saturated rings. The minimum Gasteiger partial charge on any atom is -0.0988 e. The molecule has 0 aliphatic carbocycles. The molecule has 0 aliphatic rings. The van der Waals surface area contributed by atoms with Gasteiger partial charge in [0.25, 0.3) is 0 Å². The zero-order chi connectivity index (χ0) is 4.83. The highest BCUT2D eigenvalue weighted by atomic mass is 127. The molecule has 0 saturated carbocycles. The van der Waals surface area contributed by atoms with Gasteiger partial charge >= 0.3 is 0 Å². The van der Waals surface area contributed by atoms with Crippen LogP contribution < -0.4 is 0 Å². The molecule has 0 radical (unpaired) electrons. The third-order valence-electron chi connectivity index (χ3n) is 0.325. The molecule has 0 saturated heterocycles. The maximum absolute atomic E-state index is 2.24. The summed E-state index contributed by atoms with van der Waals surface area (Å²) in [5, 5.41) is 0. The lowest BCUT2D eigenvalue weighted by Gasteiger charge is -1.61. The molecule has 0 aromatic rings. The van der Waals surface area contributed by atoms with E-state index in [4.69, 9.17) is 0 Å². The van der Waals surface area contributed by atoms with Crippen molar-refractivity contribution >= 4 is 24.7 Å². The molecule has 0 N–H and O–H groups in total. The molecule has 0 nitrogen and oxygen atoms in total. The molecular weight excluding hydrogens is 187 g/mol. The van der Waals surface area contributed by atoms with Crippen molar-refractivity contribution in [2.45, 2.75) is 13.8 Å². The quantitative estimate of drug-likeness (QED) is 0.564. The van der Waals surface area contributed by atoms with E-state index in [2.05, 4.69) is 28.0 Å². The van der Waals surface area contributed by atoms with E-state index in [1.807, 2.05) is 0 Å². The Balaban J connectivity index is 3.07. The van der Waals surface area contributed by atoms with Crippen LogP contribution in [0.4, 0.5) is 0 Å². The Hall–Kier alpha value is 0.340. The van der Waals surface area contributed by atoms with Crippen molar-refractivity contribution in [3.8, 4) is 0 Å². The van der Waals surface area contributed by atoms with E-state index in [1.54, 1.807) is 0 Å². The maximum Gasteiger partial charge on any atom is -0.0332 e. The standard InChI is InChI=1S/C5H9I/c1-3-5-6-4-2/h3-5H,1-2H3/b5-3-. The van der Waals surface area contributed by atoms with Gasteiger partial charge in [-0.2, -0.15) is 0 Å². The van der Waals surface area contributed by atoms with E-state index in [0.717, 1.165) is 0 Å². The van der Waals surface area contributed by atoms with Crippen molar-refractivity contribution in [3.05, 3.63) is 10.2 Å². The average molecular weight is 196 g/mol. The predicted molar refractivity (Wildman–Crippen MR) is 40.6 cm³/mol. The minimum absolute atomic E-state index is 0.322. The number of rotatable bonds is 1. The van der Waals surface area contributed by atoms with Crippen LogP contribution in [0, 0.1) is 0 Å². The molecular formula is C5H9I. The summed E-state index contributed by atoms with van der Waals surface area (Å²) in [6.07, 6.45) is 2.10. The van der Waals surface area contributed by atoms with Crippen LogP contribution in [0.3, 0.4) is 0 Å². The van der Waals surface area contributed by atoms with E-state index in [-0.39, 0.29) is 0 Å². The molecule has 0 atom stereocenters. The second-order valence-electron chi connectivity index (χ2n) is 0.804. The Morgan fingerprint density at radius 3 is 2.17 bits per heavy atom. The van der Waals surface area contributed by atoms with Gasteiger partial charge < -0.3 is 0 Å². The van der Waals surface area contributed by atoms with Gasteiger partial charge in [-0.25, -0.2) is 0 Å². The number of allylic oxidation sites excluding steroid dienone is 1. The van der Waals surface area contributed by atoms with E-state index in [9.17, 15) is 0 Å². The summed E-state index contributed by atoms with van der Waals surface area (Å²) in [5.41, 5.74) is 0. The van der Waals surface area contributed by atoms with Gasteiger partial charge in [-0.3, -0.25) is 0 Å². The first-order valence-corrected chi connectivity index (χ1v) is 4.42. The maximum atomic E-state index is 2.24. The second-order valence-corrected chi connectivity index (χ2v) is 3.49. The molecule has 0 aliphatic heterocycles. The smallest absolute Gasteiger partial charge is 0.0332 e. The largest absolute Gasteiger partial charge is 0.0988 e. The van der Waals surface area contributed by atoms with E-state index in [0.29, 0.717) is 20.7 Å². The number of halogens is 1. The normalized spacial score (nSPS) is 13.0. The van der Waals surface area contributed by atoms with Gasteiger partial charge in [-0.05, 0) is 17.9 Å². The highest BCUT2D eigenvalue weighted by Crippen LogP contribution is 1.93. The molecule has 36 valence electrons. The molecule has 0 heterocycles. The van der Waals surface area contributed by atoms with Gasteiger partial charge in [0.1, 0.15) is 0 Å². The minimum atomic E-state index is 0.322. The highest BCUT2D eigenvalue weighted by Gasteiger charge is 1.49. The molecule has 1 heteroatoms. The molecule has 0 aromatic carbocycles. The Bertz CT molecular complexity index is 52.3. The van der Waals surface area contributed by atoms with Gasteiger partial charge in [-0.1, -0.05) is 30.8 Å². The Morgan fingerprint density at radius 1 is 1.33 bits per heavy atom. The fourth-order valence-electron chi connectivity index (χ4n) is 0.145. The first-order chi connectivity index (χ1) is 2.91. The molecule has 0 aromatic heterocycles. The summed E-state index contributed by atoms with van der Waals surface area (Å²) >= 11 is 0.322. The first-order valence-electron chi connectivity index (χ1n) is 1.92. The highest BCUT2D eigenvalue weighted by molar-refractivity contribution is 14.2. The topological polar surface area (TPSA) is 0 Å². The van der Waals surface area contributed by atoms with Crippen molar-refractivity contribution in [1.82, 2.24) is 0 Å². The first kappa shape index (κ1) is 6.34. The molecule has 0 rings (SSSR count). The van der Waals surface area contributed by atoms with Crippen LogP contribution in [-0.4, -0.2) is 4.01 Å². The predicted octanol–water partition coefficient (Wildman–Crippen LogP) is 2.31. The van der Waals surface area contributed by atoms with Crippen molar-refractivity contribution < 1.29 is 0 Å². The summed E-state index contributed by atoms with van der Waals surface area (Å²) in [7, 11) is 0. The van der Waals surface area contributed by atoms with Crippen LogP contribution in [-0.2, 0) is 0 Å². The molecule has 0 spiro atoms. The summed E-state index contributed by atoms with van der Waals surface area (Å²) in [6.45, 7) is 4.16. The molecule has 6 heavy (non-hydrogen) atoms. The zero-order valence-corrected chi connectivity index (χ0v) is 6.27. The molecule has 0 bridgehead atoms. The van der Waals surface area contributed by atoms with Gasteiger partial charge in [0.15, 0.2) is 0 Å². The number of hydrogen-bond acceptors (Lipinski definition) is 0. The Labute approximate surface area is 49.0 Å².